The van der Waals surface area contributed by atoms with Crippen molar-refractivity contribution in [2.24, 2.45) is 5.73 Å². The second kappa shape index (κ2) is 12.3. The fraction of sp³-hybridized carbons (Fsp3) is 0.538. The number of nitrogens with two attached hydrogens (primary N) is 1. The average Bonchev–Trinajstić information content (AvgIpc) is 3.33. The van der Waals surface area contributed by atoms with Crippen LogP contribution in [0, 0.1) is 10.1 Å². The molecule has 38 heavy (non-hydrogen) atoms. The predicted octanol–water partition coefficient (Wildman–Crippen LogP) is 2.32. The Bertz CT molecular complexity index is 1170. The second-order valence-electron chi connectivity index (χ2n) is 10.1. The second-order valence-corrected chi connectivity index (χ2v) is 10.1. The van der Waals surface area contributed by atoms with Gasteiger partial charge in [-0.1, -0.05) is 31.2 Å². The molecule has 3 atom stereocenters. The zero-order valence-electron chi connectivity index (χ0n) is 22.5. The van der Waals surface area contributed by atoms with Crippen LogP contribution < -0.4 is 16.4 Å². The molecule has 1 aliphatic rings. The Balaban J connectivity index is 1.74. The highest BCUT2D eigenvalue weighted by Crippen LogP contribution is 2.25. The van der Waals surface area contributed by atoms with Crippen molar-refractivity contribution in [3.8, 4) is 0 Å². The first kappa shape index (κ1) is 28.9. The Hall–Kier alpha value is -3.64. The largest absolute Gasteiger partial charge is 0.369 e. The first-order valence-corrected chi connectivity index (χ1v) is 12.8. The number of aromatic nitrogens is 3. The lowest BCUT2D eigenvalue weighted by Gasteiger charge is -2.37. The Labute approximate surface area is 222 Å². The molecular weight excluding hydrogens is 490 g/mol. The topological polar surface area (TPSA) is 167 Å². The quantitative estimate of drug-likeness (QED) is 0.296. The molecule has 0 saturated carbocycles. The summed E-state index contributed by atoms with van der Waals surface area (Å²) in [5.74, 6) is -0.502. The van der Waals surface area contributed by atoms with Crippen LogP contribution in [0.25, 0.3) is 0 Å². The third-order valence-corrected chi connectivity index (χ3v) is 6.65. The first-order chi connectivity index (χ1) is 17.9. The predicted molar refractivity (Wildman–Crippen MR) is 141 cm³/mol. The number of ether oxygens (including phenoxy) is 1. The minimum atomic E-state index is -0.851. The molecule has 0 unspecified atom stereocenters. The highest BCUT2D eigenvalue weighted by atomic mass is 16.6. The van der Waals surface area contributed by atoms with Crippen LogP contribution in [0.3, 0.4) is 0 Å². The molecule has 1 aliphatic carbocycles. The van der Waals surface area contributed by atoms with Crippen molar-refractivity contribution < 1.29 is 19.2 Å². The molecule has 2 aromatic rings. The maximum Gasteiger partial charge on any atom is 0.269 e. The van der Waals surface area contributed by atoms with E-state index in [0.29, 0.717) is 17.8 Å². The zero-order chi connectivity index (χ0) is 28.0. The molecule has 0 spiro atoms. The standard InChI is InChI=1S/C26H37N7O5/c1-6-20(7-2)38-22-13-18(12-21(27)24(22)28-16(3)34)25(35)29-26(4,5)23-15-32(31-30-23)14-17-8-10-19(11-9-17)33(36)37/h8-11,13,15,20-22,24H,6-7,12,14,27H2,1-5H3,(H,28,34)(H,29,35)/t21-,22+,24+/m0/s1. The molecule has 4 N–H and O–H groups in total. The summed E-state index contributed by atoms with van der Waals surface area (Å²) in [5, 5.41) is 25.2. The number of hydrogen-bond donors (Lipinski definition) is 3. The molecule has 0 fully saturated rings. The number of amides is 2. The lowest BCUT2D eigenvalue weighted by Crippen LogP contribution is -2.57. The van der Waals surface area contributed by atoms with E-state index in [1.54, 1.807) is 29.1 Å². The van der Waals surface area contributed by atoms with E-state index in [1.165, 1.54) is 19.1 Å². The minimum Gasteiger partial charge on any atom is -0.369 e. The van der Waals surface area contributed by atoms with Gasteiger partial charge in [0.2, 0.25) is 11.8 Å². The molecule has 1 heterocycles. The Morgan fingerprint density at radius 2 is 1.92 bits per heavy atom. The fourth-order valence-corrected chi connectivity index (χ4v) is 4.41. The number of carbonyl (C=O) groups excluding carboxylic acids is 2. The van der Waals surface area contributed by atoms with E-state index in [9.17, 15) is 19.7 Å². The van der Waals surface area contributed by atoms with Gasteiger partial charge in [-0.25, -0.2) is 4.68 Å². The maximum atomic E-state index is 13.3. The van der Waals surface area contributed by atoms with Gasteiger partial charge in [0.15, 0.2) is 0 Å². The van der Waals surface area contributed by atoms with Crippen molar-refractivity contribution >= 4 is 17.5 Å². The summed E-state index contributed by atoms with van der Waals surface area (Å²) in [6.07, 6.45) is 4.82. The maximum absolute atomic E-state index is 13.3. The SMILES string of the molecule is CCC(CC)O[C@@H]1C=C(C(=O)NC(C)(C)c2cn(Cc3ccc([N+](=O)[O-])cc3)nn2)C[C@H](N)[C@H]1NC(C)=O. The third kappa shape index (κ3) is 7.23. The van der Waals surface area contributed by atoms with Crippen molar-refractivity contribution in [2.45, 2.75) is 90.3 Å². The number of non-ortho nitro benzene ring substituents is 1. The smallest absolute Gasteiger partial charge is 0.269 e. The summed E-state index contributed by atoms with van der Waals surface area (Å²) in [6, 6.07) is 5.29. The molecule has 12 heteroatoms. The van der Waals surface area contributed by atoms with Crippen molar-refractivity contribution in [3.05, 3.63) is 63.5 Å². The van der Waals surface area contributed by atoms with Gasteiger partial charge in [-0.15, -0.1) is 5.10 Å². The van der Waals surface area contributed by atoms with Gasteiger partial charge in [0.25, 0.3) is 5.69 Å². The number of nitro groups is 1. The molecule has 0 aliphatic heterocycles. The number of nitrogens with one attached hydrogen (secondary N) is 2. The van der Waals surface area contributed by atoms with Gasteiger partial charge in [-0.05, 0) is 44.7 Å². The number of benzene rings is 1. The molecule has 1 aromatic carbocycles. The van der Waals surface area contributed by atoms with Crippen LogP contribution in [0.1, 0.15) is 65.1 Å². The summed E-state index contributed by atoms with van der Waals surface area (Å²) < 4.78 is 7.84. The van der Waals surface area contributed by atoms with Crippen LogP contribution in [-0.2, 0) is 26.4 Å². The van der Waals surface area contributed by atoms with Crippen LogP contribution in [-0.4, -0.2) is 56.0 Å². The van der Waals surface area contributed by atoms with E-state index in [4.69, 9.17) is 10.5 Å². The van der Waals surface area contributed by atoms with Gasteiger partial charge in [0.1, 0.15) is 5.69 Å². The molecule has 12 nitrogen and oxygen atoms in total. The summed E-state index contributed by atoms with van der Waals surface area (Å²) in [7, 11) is 0. The Morgan fingerprint density at radius 3 is 2.50 bits per heavy atom. The molecule has 0 saturated heterocycles. The van der Waals surface area contributed by atoms with E-state index in [2.05, 4.69) is 20.9 Å². The third-order valence-electron chi connectivity index (χ3n) is 6.65. The van der Waals surface area contributed by atoms with Gasteiger partial charge in [-0.2, -0.15) is 0 Å². The van der Waals surface area contributed by atoms with Crippen LogP contribution in [0.4, 0.5) is 5.69 Å². The molecule has 1 aromatic heterocycles. The molecule has 3 rings (SSSR count). The van der Waals surface area contributed by atoms with Gasteiger partial charge >= 0.3 is 0 Å². The molecule has 0 radical (unpaired) electrons. The van der Waals surface area contributed by atoms with Crippen molar-refractivity contribution in [1.82, 2.24) is 25.6 Å². The molecular formula is C26H37N7O5. The van der Waals surface area contributed by atoms with E-state index in [-0.39, 0.29) is 30.0 Å². The molecule has 0 bridgehead atoms. The molecule has 206 valence electrons. The van der Waals surface area contributed by atoms with E-state index in [0.717, 1.165) is 18.4 Å². The number of carbonyl (C=O) groups is 2. The number of nitrogens with zero attached hydrogens (tertiary/aromatic N) is 4. The van der Waals surface area contributed by atoms with Crippen molar-refractivity contribution in [3.63, 3.8) is 0 Å². The number of hydrogen-bond acceptors (Lipinski definition) is 8. The van der Waals surface area contributed by atoms with Crippen LogP contribution in [0.2, 0.25) is 0 Å². The first-order valence-electron chi connectivity index (χ1n) is 12.8. The highest BCUT2D eigenvalue weighted by Gasteiger charge is 2.37. The van der Waals surface area contributed by atoms with Crippen LogP contribution >= 0.6 is 0 Å². The van der Waals surface area contributed by atoms with Crippen LogP contribution in [0.5, 0.6) is 0 Å². The van der Waals surface area contributed by atoms with Crippen molar-refractivity contribution in [1.29, 1.82) is 0 Å². The van der Waals surface area contributed by atoms with Gasteiger partial charge in [0.05, 0.1) is 41.5 Å². The fourth-order valence-electron chi connectivity index (χ4n) is 4.41. The highest BCUT2D eigenvalue weighted by molar-refractivity contribution is 5.94. The summed E-state index contributed by atoms with van der Waals surface area (Å²) in [6.45, 7) is 9.51. The minimum absolute atomic E-state index is 0.0181. The lowest BCUT2D eigenvalue weighted by molar-refractivity contribution is -0.384. The monoisotopic (exact) mass is 527 g/mol. The molecule has 2 amide bonds. The Kier molecular flexibility index (Phi) is 9.34. The van der Waals surface area contributed by atoms with E-state index >= 15 is 0 Å². The number of nitro benzene ring substituents is 1. The Morgan fingerprint density at radius 1 is 1.26 bits per heavy atom. The number of rotatable bonds is 11. The van der Waals surface area contributed by atoms with Gasteiger partial charge in [0, 0.05) is 30.7 Å². The van der Waals surface area contributed by atoms with Crippen LogP contribution in [0.15, 0.2) is 42.1 Å². The normalized spacial score (nSPS) is 19.7. The van der Waals surface area contributed by atoms with E-state index < -0.39 is 28.6 Å². The summed E-state index contributed by atoms with van der Waals surface area (Å²) in [5.41, 5.74) is 7.43. The lowest BCUT2D eigenvalue weighted by atomic mass is 9.87. The van der Waals surface area contributed by atoms with Gasteiger partial charge in [-0.3, -0.25) is 19.7 Å². The summed E-state index contributed by atoms with van der Waals surface area (Å²) in [4.78, 5) is 35.5. The van der Waals surface area contributed by atoms with E-state index in [1.807, 2.05) is 27.7 Å². The van der Waals surface area contributed by atoms with Crippen molar-refractivity contribution in [2.75, 3.05) is 0 Å². The average molecular weight is 528 g/mol. The zero-order valence-corrected chi connectivity index (χ0v) is 22.5. The van der Waals surface area contributed by atoms with Gasteiger partial charge < -0.3 is 21.1 Å². The summed E-state index contributed by atoms with van der Waals surface area (Å²) >= 11 is 0.